The van der Waals surface area contributed by atoms with E-state index in [-0.39, 0.29) is 10.4 Å². The molecule has 0 unspecified atom stereocenters. The summed E-state index contributed by atoms with van der Waals surface area (Å²) in [5.74, 6) is 2.32. The molecule has 3 aromatic rings. The van der Waals surface area contributed by atoms with Gasteiger partial charge in [-0.1, -0.05) is 23.7 Å². The van der Waals surface area contributed by atoms with Gasteiger partial charge >= 0.3 is 0 Å². The van der Waals surface area contributed by atoms with Crippen LogP contribution in [0.3, 0.4) is 0 Å². The highest BCUT2D eigenvalue weighted by Gasteiger charge is 2.24. The van der Waals surface area contributed by atoms with Crippen molar-refractivity contribution in [2.24, 2.45) is 11.8 Å². The second-order valence-electron chi connectivity index (χ2n) is 10.4. The largest absolute Gasteiger partial charge is 0.365 e. The van der Waals surface area contributed by atoms with Crippen LogP contribution >= 0.6 is 11.6 Å². The Labute approximate surface area is 213 Å². The van der Waals surface area contributed by atoms with Gasteiger partial charge in [0.15, 0.2) is 0 Å². The summed E-state index contributed by atoms with van der Waals surface area (Å²) in [6.45, 7) is 7.61. The van der Waals surface area contributed by atoms with Gasteiger partial charge in [-0.05, 0) is 94.7 Å². The molecule has 0 atom stereocenters. The van der Waals surface area contributed by atoms with Gasteiger partial charge in [-0.3, -0.25) is 0 Å². The summed E-state index contributed by atoms with van der Waals surface area (Å²) in [6.07, 6.45) is 4.07. The number of para-hydroxylation sites is 1. The number of sulfonamides is 1. The number of fused-ring (bicyclic) bond motifs is 1. The first-order chi connectivity index (χ1) is 16.6. The molecule has 2 aromatic carbocycles. The van der Waals surface area contributed by atoms with Gasteiger partial charge in [-0.2, -0.15) is 4.98 Å². The van der Waals surface area contributed by atoms with Gasteiger partial charge < -0.3 is 10.6 Å². The minimum absolute atomic E-state index is 0.109. The second-order valence-corrected chi connectivity index (χ2v) is 12.6. The molecule has 0 spiro atoms. The van der Waals surface area contributed by atoms with Crippen LogP contribution in [-0.2, 0) is 10.0 Å². The van der Waals surface area contributed by atoms with E-state index in [9.17, 15) is 8.42 Å². The number of nitrogens with one attached hydrogen (secondary N) is 3. The van der Waals surface area contributed by atoms with E-state index >= 15 is 0 Å². The molecule has 4 rings (SSSR count). The first kappa shape index (κ1) is 25.7. The Morgan fingerprint density at radius 3 is 2.20 bits per heavy atom. The molecule has 7 nitrogen and oxygen atoms in total. The van der Waals surface area contributed by atoms with E-state index in [0.717, 1.165) is 48.9 Å². The number of anilines is 2. The third-order valence-electron chi connectivity index (χ3n) is 6.30. The number of nitrogens with zero attached hydrogens (tertiary/aromatic N) is 2. The lowest BCUT2D eigenvalue weighted by Crippen LogP contribution is -2.32. The van der Waals surface area contributed by atoms with Crippen molar-refractivity contribution in [2.45, 2.75) is 56.9 Å². The van der Waals surface area contributed by atoms with Crippen LogP contribution in [0.15, 0.2) is 53.4 Å². The van der Waals surface area contributed by atoms with Crippen molar-refractivity contribution in [3.63, 3.8) is 0 Å². The average molecular weight is 516 g/mol. The SMILES string of the molecule is CC(C)(C)Nc1nc(NCC2CCC(CNS(=O)(=O)c3ccc(Cl)cc3)CC2)nc2ccccc12. The van der Waals surface area contributed by atoms with Crippen LogP contribution < -0.4 is 15.4 Å². The van der Waals surface area contributed by atoms with Crippen LogP contribution in [0.5, 0.6) is 0 Å². The lowest BCUT2D eigenvalue weighted by atomic mass is 9.82. The molecule has 1 heterocycles. The molecule has 9 heteroatoms. The van der Waals surface area contributed by atoms with Crippen molar-refractivity contribution >= 4 is 44.3 Å². The highest BCUT2D eigenvalue weighted by molar-refractivity contribution is 7.89. The number of halogens is 1. The Morgan fingerprint density at radius 2 is 1.54 bits per heavy atom. The Bertz CT molecular complexity index is 1250. The smallest absolute Gasteiger partial charge is 0.240 e. The monoisotopic (exact) mass is 515 g/mol. The van der Waals surface area contributed by atoms with Crippen molar-refractivity contribution in [2.75, 3.05) is 23.7 Å². The van der Waals surface area contributed by atoms with E-state index in [1.54, 1.807) is 12.1 Å². The molecule has 0 aliphatic heterocycles. The summed E-state index contributed by atoms with van der Waals surface area (Å²) in [4.78, 5) is 9.71. The van der Waals surface area contributed by atoms with E-state index < -0.39 is 10.0 Å². The molecule has 1 aliphatic rings. The standard InChI is InChI=1S/C26H34ClN5O2S/c1-26(2,3)32-24-22-6-4-5-7-23(22)30-25(31-24)28-16-18-8-10-19(11-9-18)17-29-35(33,34)21-14-12-20(27)13-15-21/h4-7,12-15,18-19,29H,8-11,16-17H2,1-3H3,(H2,28,30,31,32). The maximum absolute atomic E-state index is 12.5. The summed E-state index contributed by atoms with van der Waals surface area (Å²) in [5.41, 5.74) is 0.801. The van der Waals surface area contributed by atoms with Crippen molar-refractivity contribution in [3.8, 4) is 0 Å². The zero-order valence-corrected chi connectivity index (χ0v) is 22.1. The van der Waals surface area contributed by atoms with Crippen LogP contribution in [0.4, 0.5) is 11.8 Å². The van der Waals surface area contributed by atoms with E-state index in [1.807, 2.05) is 24.3 Å². The van der Waals surface area contributed by atoms with Crippen LogP contribution in [0, 0.1) is 11.8 Å². The van der Waals surface area contributed by atoms with Crippen molar-refractivity contribution in [3.05, 3.63) is 53.6 Å². The average Bonchev–Trinajstić information content (AvgIpc) is 2.81. The Kier molecular flexibility index (Phi) is 7.83. The van der Waals surface area contributed by atoms with Crippen LogP contribution in [0.25, 0.3) is 10.9 Å². The third kappa shape index (κ3) is 7.06. The molecule has 1 aliphatic carbocycles. The lowest BCUT2D eigenvalue weighted by Gasteiger charge is -2.29. The molecule has 1 saturated carbocycles. The fourth-order valence-electron chi connectivity index (χ4n) is 4.41. The molecular formula is C26H34ClN5O2S. The first-order valence-corrected chi connectivity index (χ1v) is 14.0. The van der Waals surface area contributed by atoms with Crippen molar-refractivity contribution in [1.29, 1.82) is 0 Å². The van der Waals surface area contributed by atoms with E-state index in [1.165, 1.54) is 12.1 Å². The predicted octanol–water partition coefficient (Wildman–Crippen LogP) is 5.69. The van der Waals surface area contributed by atoms with Gasteiger partial charge in [0, 0.05) is 29.0 Å². The second kappa shape index (κ2) is 10.7. The zero-order chi connectivity index (χ0) is 25.1. The Hall–Kier alpha value is -2.42. The molecule has 0 amide bonds. The molecule has 1 aromatic heterocycles. The number of rotatable bonds is 8. The highest BCUT2D eigenvalue weighted by Crippen LogP contribution is 2.30. The number of hydrogen-bond donors (Lipinski definition) is 3. The van der Waals surface area contributed by atoms with Gasteiger partial charge in [0.2, 0.25) is 16.0 Å². The Balaban J connectivity index is 1.30. The van der Waals surface area contributed by atoms with Gasteiger partial charge in [-0.25, -0.2) is 18.1 Å². The van der Waals surface area contributed by atoms with Crippen LogP contribution in [0.1, 0.15) is 46.5 Å². The van der Waals surface area contributed by atoms with Gasteiger partial charge in [0.25, 0.3) is 0 Å². The van der Waals surface area contributed by atoms with Crippen LogP contribution in [-0.4, -0.2) is 37.0 Å². The quantitative estimate of drug-likeness (QED) is 0.356. The van der Waals surface area contributed by atoms with Gasteiger partial charge in [0.1, 0.15) is 5.82 Å². The predicted molar refractivity (Wildman–Crippen MR) is 143 cm³/mol. The normalized spacial score (nSPS) is 19.0. The number of benzene rings is 2. The number of hydrogen-bond acceptors (Lipinski definition) is 6. The lowest BCUT2D eigenvalue weighted by molar-refractivity contribution is 0.284. The Morgan fingerprint density at radius 1 is 0.914 bits per heavy atom. The topological polar surface area (TPSA) is 96.0 Å². The summed E-state index contributed by atoms with van der Waals surface area (Å²) >= 11 is 5.87. The summed E-state index contributed by atoms with van der Waals surface area (Å²) in [7, 11) is -3.51. The summed E-state index contributed by atoms with van der Waals surface area (Å²) in [5, 5.41) is 8.47. The molecular weight excluding hydrogens is 482 g/mol. The van der Waals surface area contributed by atoms with E-state index in [2.05, 4.69) is 36.1 Å². The number of aromatic nitrogens is 2. The minimum Gasteiger partial charge on any atom is -0.365 e. The maximum Gasteiger partial charge on any atom is 0.240 e. The molecule has 188 valence electrons. The zero-order valence-electron chi connectivity index (χ0n) is 20.5. The first-order valence-electron chi connectivity index (χ1n) is 12.1. The van der Waals surface area contributed by atoms with Crippen LogP contribution in [0.2, 0.25) is 5.02 Å². The van der Waals surface area contributed by atoms with Gasteiger partial charge in [-0.15, -0.1) is 0 Å². The van der Waals surface area contributed by atoms with E-state index in [4.69, 9.17) is 21.6 Å². The summed E-state index contributed by atoms with van der Waals surface area (Å²) < 4.78 is 27.8. The molecule has 35 heavy (non-hydrogen) atoms. The van der Waals surface area contributed by atoms with Crippen molar-refractivity contribution < 1.29 is 8.42 Å². The highest BCUT2D eigenvalue weighted by atomic mass is 35.5. The van der Waals surface area contributed by atoms with E-state index in [0.29, 0.717) is 29.4 Å². The van der Waals surface area contributed by atoms with Gasteiger partial charge in [0.05, 0.1) is 10.4 Å². The van der Waals surface area contributed by atoms with Crippen molar-refractivity contribution in [1.82, 2.24) is 14.7 Å². The fourth-order valence-corrected chi connectivity index (χ4v) is 5.65. The fraction of sp³-hybridized carbons (Fsp3) is 0.462. The molecule has 1 fully saturated rings. The molecule has 0 radical (unpaired) electrons. The summed E-state index contributed by atoms with van der Waals surface area (Å²) in [6, 6.07) is 14.3. The minimum atomic E-state index is -3.51. The maximum atomic E-state index is 12.5. The third-order valence-corrected chi connectivity index (χ3v) is 7.99. The molecule has 0 bridgehead atoms. The molecule has 3 N–H and O–H groups in total. The molecule has 0 saturated heterocycles.